The normalized spacial score (nSPS) is 11.4. The molecule has 20 nitrogen and oxygen atoms in total. The summed E-state index contributed by atoms with van der Waals surface area (Å²) in [5.41, 5.74) is 10.6. The third kappa shape index (κ3) is 11.4. The maximum absolute atomic E-state index is 13.3. The Morgan fingerprint density at radius 2 is 0.566 bits per heavy atom. The van der Waals surface area contributed by atoms with Gasteiger partial charge in [-0.25, -0.2) is 29.1 Å². The number of benzene rings is 4. The van der Waals surface area contributed by atoms with Gasteiger partial charge in [0.2, 0.25) is 0 Å². The second kappa shape index (κ2) is 24.0. The van der Waals surface area contributed by atoms with Gasteiger partial charge in [-0.3, -0.25) is 0 Å². The highest BCUT2D eigenvalue weighted by atomic mass is 16.3. The topological polar surface area (TPSA) is 303 Å². The van der Waals surface area contributed by atoms with Crippen molar-refractivity contribution in [3.05, 3.63) is 144 Å². The maximum Gasteiger partial charge on any atom is 0.319 e. The fourth-order valence-corrected chi connectivity index (χ4v) is 8.92. The Morgan fingerprint density at radius 1 is 0.342 bits per heavy atom. The number of nitrogens with zero attached hydrogens (tertiary/aromatic N) is 2. The Morgan fingerprint density at radius 3 is 0.789 bits per heavy atom. The molecule has 5 heterocycles. The quantitative estimate of drug-likeness (QED) is 0.0446. The van der Waals surface area contributed by atoms with Crippen molar-refractivity contribution < 1.29 is 39.6 Å². The summed E-state index contributed by atoms with van der Waals surface area (Å²) in [7, 11) is 0. The van der Waals surface area contributed by atoms with Crippen molar-refractivity contribution in [1.82, 2.24) is 41.2 Å². The van der Waals surface area contributed by atoms with Gasteiger partial charge in [-0.1, -0.05) is 72.8 Å². The highest BCUT2D eigenvalue weighted by Crippen LogP contribution is 2.43. The molecule has 9 rings (SSSR count). The van der Waals surface area contributed by atoms with Gasteiger partial charge in [0.15, 0.2) is 0 Å². The number of hydrogen-bond acceptors (Lipinski definition) is 10. The van der Waals surface area contributed by atoms with Gasteiger partial charge in [-0.05, 0) is 72.8 Å². The number of anilines is 4. The molecule has 0 aliphatic carbocycles. The number of para-hydroxylation sites is 4. The molecule has 0 fully saturated rings. The molecule has 0 unspecified atom stereocenters. The van der Waals surface area contributed by atoms with Gasteiger partial charge < -0.3 is 72.9 Å². The minimum absolute atomic E-state index is 0.0254. The summed E-state index contributed by atoms with van der Waals surface area (Å²) < 4.78 is 0. The number of amides is 8. The zero-order valence-electron chi connectivity index (χ0n) is 40.8. The van der Waals surface area contributed by atoms with Crippen LogP contribution in [0, 0.1) is 0 Å². The molecule has 0 spiro atoms. The maximum atomic E-state index is 13.3. The van der Waals surface area contributed by atoms with Crippen molar-refractivity contribution in [3.63, 3.8) is 0 Å². The summed E-state index contributed by atoms with van der Waals surface area (Å²) in [6.07, 6.45) is 7.45. The van der Waals surface area contributed by atoms with Gasteiger partial charge >= 0.3 is 24.1 Å². The van der Waals surface area contributed by atoms with Gasteiger partial charge in [-0.2, -0.15) is 0 Å². The smallest absolute Gasteiger partial charge is 0.319 e. The lowest BCUT2D eigenvalue weighted by molar-refractivity contribution is 0.244. The number of aromatic amines is 2. The molecule has 20 heteroatoms. The predicted octanol–water partition coefficient (Wildman–Crippen LogP) is 7.78. The molecule has 14 N–H and O–H groups in total. The number of aliphatic hydroxyl groups is 4. The van der Waals surface area contributed by atoms with E-state index in [1.54, 1.807) is 48.5 Å². The Hall–Kier alpha value is -9.60. The van der Waals surface area contributed by atoms with Gasteiger partial charge in [0, 0.05) is 92.8 Å². The zero-order chi connectivity index (χ0) is 53.0. The van der Waals surface area contributed by atoms with E-state index < -0.39 is 24.1 Å². The van der Waals surface area contributed by atoms with E-state index in [4.69, 9.17) is 9.97 Å². The van der Waals surface area contributed by atoms with Crippen LogP contribution < -0.4 is 42.5 Å². The number of aliphatic hydroxyl groups excluding tert-OH is 4. The Kier molecular flexibility index (Phi) is 16.2. The highest BCUT2D eigenvalue weighted by molar-refractivity contribution is 6.07. The monoisotopic (exact) mass is 1020 g/mol. The zero-order valence-corrected chi connectivity index (χ0v) is 40.8. The molecule has 76 heavy (non-hydrogen) atoms. The first kappa shape index (κ1) is 51.3. The molecule has 0 atom stereocenters. The fourth-order valence-electron chi connectivity index (χ4n) is 8.92. The molecule has 3 aromatic heterocycles. The Labute approximate surface area is 435 Å². The van der Waals surface area contributed by atoms with Crippen molar-refractivity contribution in [2.75, 3.05) is 73.9 Å². The third-order valence-electron chi connectivity index (χ3n) is 12.1. The molecule has 386 valence electrons. The molecule has 0 radical (unpaired) electrons. The van der Waals surface area contributed by atoms with Crippen LogP contribution in [0.25, 0.3) is 90.9 Å². The Balaban J connectivity index is 1.42. The van der Waals surface area contributed by atoms with Gasteiger partial charge in [-0.15, -0.1) is 0 Å². The molecule has 0 saturated heterocycles. The first-order chi connectivity index (χ1) is 37.2. The lowest BCUT2D eigenvalue weighted by Gasteiger charge is -2.14. The van der Waals surface area contributed by atoms with Crippen LogP contribution >= 0.6 is 0 Å². The number of aromatic nitrogens is 4. The third-order valence-corrected chi connectivity index (χ3v) is 12.1. The van der Waals surface area contributed by atoms with Crippen molar-refractivity contribution in [1.29, 1.82) is 0 Å². The largest absolute Gasteiger partial charge is 0.395 e. The summed E-state index contributed by atoms with van der Waals surface area (Å²) in [6, 6.07) is 34.4. The lowest BCUT2D eigenvalue weighted by Crippen LogP contribution is -2.31. The first-order valence-corrected chi connectivity index (χ1v) is 24.3. The van der Waals surface area contributed by atoms with Crippen LogP contribution in [0.1, 0.15) is 22.8 Å². The molecule has 2 aliphatic heterocycles. The number of nitrogens with one attached hydrogen (secondary N) is 10. The minimum atomic E-state index is -0.538. The Bertz CT molecular complexity index is 3120. The van der Waals surface area contributed by atoms with Gasteiger partial charge in [0.05, 0.1) is 72.0 Å². The van der Waals surface area contributed by atoms with Crippen LogP contribution in [0.15, 0.2) is 121 Å². The van der Waals surface area contributed by atoms with E-state index in [-0.39, 0.29) is 52.6 Å². The number of rotatable bonds is 16. The van der Waals surface area contributed by atoms with Crippen LogP contribution in [0.5, 0.6) is 0 Å². The van der Waals surface area contributed by atoms with E-state index in [9.17, 15) is 39.6 Å². The summed E-state index contributed by atoms with van der Waals surface area (Å²) in [5.74, 6) is 0. The average Bonchev–Trinajstić information content (AvgIpc) is 4.30. The number of carbonyl (C=O) groups is 4. The number of carbonyl (C=O) groups excluding carboxylic acids is 4. The molecular formula is C56H54N12O8. The highest BCUT2D eigenvalue weighted by Gasteiger charge is 2.23. The number of urea groups is 4. The average molecular weight is 1020 g/mol. The standard InChI is InChI=1S/C56H54N12O8/c69-29-25-57-53(73)65-37-13-5-1-9-33(37)49-41-17-19-43(61-41)50(34-10-2-6-14-38(34)66-54(74)58-26-30-70)45-21-23-47(63-45)52(36-12-4-8-16-40(36)68-56(76)60-28-32-72)48-24-22-46(64-48)51(44-20-18-42(49)62-44)35-11-3-7-15-39(35)67-55(75)59-27-31-71/h1-24,61,64,69-72H,25-32H2,(H2,57,65,73)(H2,58,66,74)(H2,59,67,75)(H2,60,68,76). The van der Waals surface area contributed by atoms with Crippen LogP contribution in [0.2, 0.25) is 0 Å². The first-order valence-electron chi connectivity index (χ1n) is 24.3. The van der Waals surface area contributed by atoms with Crippen molar-refractivity contribution in [2.45, 2.75) is 0 Å². The number of hydrogen-bond donors (Lipinski definition) is 14. The molecule has 8 amide bonds. The van der Waals surface area contributed by atoms with E-state index in [0.29, 0.717) is 112 Å². The van der Waals surface area contributed by atoms with Crippen LogP contribution in [-0.4, -0.2) is 117 Å². The van der Waals surface area contributed by atoms with E-state index in [2.05, 4.69) is 52.5 Å². The van der Waals surface area contributed by atoms with Gasteiger partial charge in [0.1, 0.15) is 0 Å². The summed E-state index contributed by atoms with van der Waals surface area (Å²) >= 11 is 0. The molecule has 8 bridgehead atoms. The van der Waals surface area contributed by atoms with Crippen LogP contribution in [0.4, 0.5) is 41.9 Å². The van der Waals surface area contributed by atoms with Crippen molar-refractivity contribution in [3.8, 4) is 44.5 Å². The second-order valence-electron chi connectivity index (χ2n) is 17.1. The van der Waals surface area contributed by atoms with E-state index in [1.165, 1.54) is 0 Å². The van der Waals surface area contributed by atoms with Crippen LogP contribution in [-0.2, 0) is 0 Å². The summed E-state index contributed by atoms with van der Waals surface area (Å²) in [4.78, 5) is 71.1. The fraction of sp³-hybridized carbons (Fsp3) is 0.143. The minimum Gasteiger partial charge on any atom is -0.395 e. The second-order valence-corrected chi connectivity index (χ2v) is 17.1. The van der Waals surface area contributed by atoms with Crippen molar-refractivity contribution >= 4 is 93.2 Å². The van der Waals surface area contributed by atoms with E-state index in [1.807, 2.05) is 97.1 Å². The SMILES string of the molecule is O=C(NCCO)Nc1ccccc1-c1c2nc(c(-c3ccccc3NC(=O)NCCO)c3ccc([nH]3)c(-c3ccccc3NC(=O)NCCO)c3nc(c(-c4ccccc4NC(=O)NCCO)c4ccc1[nH]4)C=C3)C=C2. The summed E-state index contributed by atoms with van der Waals surface area (Å²) in [5, 5.41) is 60.4. The summed E-state index contributed by atoms with van der Waals surface area (Å²) in [6.45, 7) is -0.937. The van der Waals surface area contributed by atoms with Crippen molar-refractivity contribution in [2.24, 2.45) is 0 Å². The number of H-pyrrole nitrogens is 2. The lowest BCUT2D eigenvalue weighted by atomic mass is 10.0. The molecular weight excluding hydrogens is 969 g/mol. The molecule has 2 aliphatic rings. The van der Waals surface area contributed by atoms with E-state index >= 15 is 0 Å². The number of fused-ring (bicyclic) bond motifs is 8. The predicted molar refractivity (Wildman–Crippen MR) is 297 cm³/mol. The molecule has 0 saturated carbocycles. The van der Waals surface area contributed by atoms with Crippen LogP contribution in [0.3, 0.4) is 0 Å². The molecule has 7 aromatic rings. The molecule has 4 aromatic carbocycles. The van der Waals surface area contributed by atoms with Gasteiger partial charge in [0.25, 0.3) is 0 Å². The van der Waals surface area contributed by atoms with E-state index in [0.717, 1.165) is 0 Å².